The highest BCUT2D eigenvalue weighted by atomic mass is 16.7. The summed E-state index contributed by atoms with van der Waals surface area (Å²) in [5.41, 5.74) is 0. The van der Waals surface area contributed by atoms with Crippen molar-refractivity contribution in [3.8, 4) is 0 Å². The fourth-order valence-electron chi connectivity index (χ4n) is 2.16. The van der Waals surface area contributed by atoms with Crippen molar-refractivity contribution in [2.24, 2.45) is 0 Å². The van der Waals surface area contributed by atoms with Gasteiger partial charge in [0, 0.05) is 13.5 Å². The number of rotatable bonds is 7. The summed E-state index contributed by atoms with van der Waals surface area (Å²) in [6.45, 7) is 3.37. The maximum absolute atomic E-state index is 11.2. The third-order valence-corrected chi connectivity index (χ3v) is 3.28. The Labute approximate surface area is 118 Å². The van der Waals surface area contributed by atoms with Gasteiger partial charge < -0.3 is 30.1 Å². The normalized spacial score (nSPS) is 34.0. The van der Waals surface area contributed by atoms with Crippen LogP contribution in [-0.2, 0) is 14.3 Å². The van der Waals surface area contributed by atoms with E-state index >= 15 is 0 Å². The van der Waals surface area contributed by atoms with Crippen LogP contribution in [0.15, 0.2) is 0 Å². The van der Waals surface area contributed by atoms with E-state index in [1.165, 1.54) is 6.92 Å². The van der Waals surface area contributed by atoms with Crippen LogP contribution in [-0.4, -0.2) is 65.1 Å². The zero-order valence-corrected chi connectivity index (χ0v) is 12.0. The first-order chi connectivity index (χ1) is 9.51. The maximum atomic E-state index is 11.2. The topological polar surface area (TPSA) is 108 Å². The van der Waals surface area contributed by atoms with E-state index in [0.717, 1.165) is 19.3 Å². The lowest BCUT2D eigenvalue weighted by atomic mass is 9.97. The van der Waals surface area contributed by atoms with Gasteiger partial charge in [-0.2, -0.15) is 0 Å². The number of unbranched alkanes of at least 4 members (excludes halogenated alkanes) is 2. The van der Waals surface area contributed by atoms with Crippen molar-refractivity contribution >= 4 is 5.91 Å². The Bertz CT molecular complexity index is 301. The number of nitrogens with one attached hydrogen (secondary N) is 1. The van der Waals surface area contributed by atoms with Crippen molar-refractivity contribution in [2.45, 2.75) is 63.8 Å². The van der Waals surface area contributed by atoms with E-state index < -0.39 is 37.3 Å². The summed E-state index contributed by atoms with van der Waals surface area (Å²) in [5, 5.41) is 31.5. The lowest BCUT2D eigenvalue weighted by molar-refractivity contribution is -0.270. The minimum atomic E-state index is -1.27. The summed E-state index contributed by atoms with van der Waals surface area (Å²) in [4.78, 5) is 11.2. The maximum Gasteiger partial charge on any atom is 0.217 e. The highest BCUT2D eigenvalue weighted by molar-refractivity contribution is 5.73. The molecule has 1 unspecified atom stereocenters. The molecule has 0 radical (unpaired) electrons. The molecule has 0 spiro atoms. The first-order valence-electron chi connectivity index (χ1n) is 7.02. The van der Waals surface area contributed by atoms with Gasteiger partial charge in [0.05, 0.1) is 6.61 Å². The third-order valence-electron chi connectivity index (χ3n) is 3.28. The second-order valence-electron chi connectivity index (χ2n) is 5.01. The Morgan fingerprint density at radius 3 is 2.55 bits per heavy atom. The molecule has 0 aliphatic carbocycles. The number of amides is 1. The van der Waals surface area contributed by atoms with E-state index in [4.69, 9.17) is 14.6 Å². The fourth-order valence-corrected chi connectivity index (χ4v) is 2.16. The average molecular weight is 291 g/mol. The highest BCUT2D eigenvalue weighted by Gasteiger charge is 2.45. The zero-order chi connectivity index (χ0) is 15.1. The molecule has 1 aliphatic rings. The largest absolute Gasteiger partial charge is 0.394 e. The number of carbonyl (C=O) groups is 1. The van der Waals surface area contributed by atoms with Crippen LogP contribution in [0.5, 0.6) is 0 Å². The Morgan fingerprint density at radius 1 is 1.30 bits per heavy atom. The summed E-state index contributed by atoms with van der Waals surface area (Å²) in [6, 6.07) is -0.855. The van der Waals surface area contributed by atoms with Gasteiger partial charge in [0.2, 0.25) is 5.91 Å². The van der Waals surface area contributed by atoms with E-state index in [1.54, 1.807) is 0 Å². The van der Waals surface area contributed by atoms with Crippen LogP contribution < -0.4 is 5.32 Å². The number of ether oxygens (including phenoxy) is 2. The number of aliphatic hydroxyl groups is 3. The van der Waals surface area contributed by atoms with E-state index in [2.05, 4.69) is 12.2 Å². The molecule has 7 nitrogen and oxygen atoms in total. The zero-order valence-electron chi connectivity index (χ0n) is 12.0. The Kier molecular flexibility index (Phi) is 7.39. The molecule has 20 heavy (non-hydrogen) atoms. The number of carbonyl (C=O) groups excluding carboxylic acids is 1. The predicted octanol–water partition coefficient (Wildman–Crippen LogP) is -0.863. The van der Waals surface area contributed by atoms with Crippen molar-refractivity contribution in [1.82, 2.24) is 5.32 Å². The Hall–Kier alpha value is -0.730. The smallest absolute Gasteiger partial charge is 0.217 e. The molecule has 7 heteroatoms. The fraction of sp³-hybridized carbons (Fsp3) is 0.923. The van der Waals surface area contributed by atoms with Crippen LogP contribution >= 0.6 is 0 Å². The standard InChI is InChI=1S/C13H25NO6/c1-3-4-5-6-19-13-10(14-8(2)16)12(18)11(17)9(7-15)20-13/h9-13,15,17-18H,3-7H2,1-2H3,(H,14,16)/t9-,10-,11-,12-,13?/m1/s1. The van der Waals surface area contributed by atoms with Crippen LogP contribution in [0.25, 0.3) is 0 Å². The van der Waals surface area contributed by atoms with Crippen molar-refractivity contribution < 1.29 is 29.6 Å². The average Bonchev–Trinajstić information content (AvgIpc) is 2.41. The van der Waals surface area contributed by atoms with E-state index in [9.17, 15) is 15.0 Å². The molecule has 118 valence electrons. The summed E-state index contributed by atoms with van der Waals surface area (Å²) < 4.78 is 10.9. The lowest BCUT2D eigenvalue weighted by Crippen LogP contribution is -2.64. The van der Waals surface area contributed by atoms with Gasteiger partial charge in [0.1, 0.15) is 24.4 Å². The molecule has 1 fully saturated rings. The summed E-state index contributed by atoms with van der Waals surface area (Å²) >= 11 is 0. The molecular formula is C13H25NO6. The van der Waals surface area contributed by atoms with Crippen LogP contribution in [0.3, 0.4) is 0 Å². The van der Waals surface area contributed by atoms with E-state index in [0.29, 0.717) is 6.61 Å². The monoisotopic (exact) mass is 291 g/mol. The molecule has 0 saturated carbocycles. The van der Waals surface area contributed by atoms with Crippen LogP contribution in [0.4, 0.5) is 0 Å². The first-order valence-corrected chi connectivity index (χ1v) is 7.02. The molecule has 1 rings (SSSR count). The summed E-state index contributed by atoms with van der Waals surface area (Å²) in [5.74, 6) is -0.352. The molecule has 0 aromatic carbocycles. The quantitative estimate of drug-likeness (QED) is 0.454. The molecule has 4 N–H and O–H groups in total. The molecule has 5 atom stereocenters. The van der Waals surface area contributed by atoms with Gasteiger partial charge in [-0.15, -0.1) is 0 Å². The van der Waals surface area contributed by atoms with E-state index in [1.807, 2.05) is 0 Å². The highest BCUT2D eigenvalue weighted by Crippen LogP contribution is 2.22. The van der Waals surface area contributed by atoms with Gasteiger partial charge in [0.25, 0.3) is 0 Å². The van der Waals surface area contributed by atoms with Gasteiger partial charge >= 0.3 is 0 Å². The van der Waals surface area contributed by atoms with Gasteiger partial charge in [-0.3, -0.25) is 4.79 Å². The van der Waals surface area contributed by atoms with Crippen molar-refractivity contribution in [3.63, 3.8) is 0 Å². The molecule has 1 amide bonds. The molecule has 1 heterocycles. The minimum Gasteiger partial charge on any atom is -0.394 e. The predicted molar refractivity (Wildman–Crippen MR) is 70.8 cm³/mol. The molecule has 0 bridgehead atoms. The van der Waals surface area contributed by atoms with Gasteiger partial charge in [-0.1, -0.05) is 19.8 Å². The van der Waals surface area contributed by atoms with Gasteiger partial charge in [-0.25, -0.2) is 0 Å². The second-order valence-corrected chi connectivity index (χ2v) is 5.01. The van der Waals surface area contributed by atoms with Crippen molar-refractivity contribution in [3.05, 3.63) is 0 Å². The Morgan fingerprint density at radius 2 is 2.00 bits per heavy atom. The van der Waals surface area contributed by atoms with E-state index in [-0.39, 0.29) is 5.91 Å². The molecule has 0 aromatic heterocycles. The molecule has 1 aliphatic heterocycles. The molecular weight excluding hydrogens is 266 g/mol. The van der Waals surface area contributed by atoms with Crippen molar-refractivity contribution in [2.75, 3.05) is 13.2 Å². The minimum absolute atomic E-state index is 0.352. The summed E-state index contributed by atoms with van der Waals surface area (Å²) in [7, 11) is 0. The second kappa shape index (κ2) is 8.53. The molecule has 1 saturated heterocycles. The number of hydrogen-bond donors (Lipinski definition) is 4. The summed E-state index contributed by atoms with van der Waals surface area (Å²) in [6.07, 6.45) is -1.44. The number of aliphatic hydroxyl groups excluding tert-OH is 3. The van der Waals surface area contributed by atoms with Gasteiger partial charge in [0.15, 0.2) is 6.29 Å². The Balaban J connectivity index is 2.65. The lowest BCUT2D eigenvalue weighted by Gasteiger charge is -2.42. The number of hydrogen-bond acceptors (Lipinski definition) is 6. The van der Waals surface area contributed by atoms with Gasteiger partial charge in [-0.05, 0) is 6.42 Å². The molecule has 0 aromatic rings. The van der Waals surface area contributed by atoms with Crippen LogP contribution in [0.1, 0.15) is 33.1 Å². The van der Waals surface area contributed by atoms with Crippen molar-refractivity contribution in [1.29, 1.82) is 0 Å². The third kappa shape index (κ3) is 4.68. The SMILES string of the molecule is CCCCCOC1O[C@H](CO)[C@@H](O)[C@H](O)[C@H]1NC(C)=O. The first kappa shape index (κ1) is 17.3. The van der Waals surface area contributed by atoms with Crippen LogP contribution in [0.2, 0.25) is 0 Å². The van der Waals surface area contributed by atoms with Crippen LogP contribution in [0, 0.1) is 0 Å².